The van der Waals surface area contributed by atoms with Crippen LogP contribution in [0.4, 0.5) is 0 Å². The Labute approximate surface area is 100 Å². The van der Waals surface area contributed by atoms with E-state index in [9.17, 15) is 4.79 Å². The summed E-state index contributed by atoms with van der Waals surface area (Å²) in [6.07, 6.45) is 1.27. The molecular formula is C11H17N5O. The molecule has 2 rings (SSSR count). The summed E-state index contributed by atoms with van der Waals surface area (Å²) in [7, 11) is 0. The number of carbonyl (C=O) groups excluding carboxylic acids is 1. The fraction of sp³-hybridized carbons (Fsp3) is 0.636. The molecule has 6 heteroatoms. The third kappa shape index (κ3) is 2.51. The van der Waals surface area contributed by atoms with E-state index in [0.29, 0.717) is 13.0 Å². The fourth-order valence-corrected chi connectivity index (χ4v) is 1.66. The number of hydrogen-bond acceptors (Lipinski definition) is 4. The topological polar surface area (TPSA) is 72.2 Å². The van der Waals surface area contributed by atoms with Crippen molar-refractivity contribution in [3.8, 4) is 0 Å². The van der Waals surface area contributed by atoms with Crippen molar-refractivity contribution in [2.75, 3.05) is 6.54 Å². The van der Waals surface area contributed by atoms with Crippen LogP contribution in [0.1, 0.15) is 44.8 Å². The Balaban J connectivity index is 1.99. The van der Waals surface area contributed by atoms with Crippen molar-refractivity contribution in [3.05, 3.63) is 11.6 Å². The van der Waals surface area contributed by atoms with Crippen LogP contribution in [0.2, 0.25) is 0 Å². The predicted molar refractivity (Wildman–Crippen MR) is 63.9 cm³/mol. The Morgan fingerprint density at radius 2 is 2.35 bits per heavy atom. The first-order valence-electron chi connectivity index (χ1n) is 5.87. The number of hydrogen-bond donors (Lipinski definition) is 1. The molecule has 92 valence electrons. The molecule has 1 unspecified atom stereocenters. The number of carbonyl (C=O) groups is 1. The molecule has 1 aliphatic rings. The van der Waals surface area contributed by atoms with E-state index in [4.69, 9.17) is 0 Å². The van der Waals surface area contributed by atoms with Gasteiger partial charge < -0.3 is 5.32 Å². The first-order chi connectivity index (χ1) is 8.10. The Morgan fingerprint density at radius 1 is 1.59 bits per heavy atom. The van der Waals surface area contributed by atoms with E-state index in [1.54, 1.807) is 4.79 Å². The fourth-order valence-electron chi connectivity index (χ4n) is 1.66. The van der Waals surface area contributed by atoms with Gasteiger partial charge in [-0.15, -0.1) is 9.89 Å². The van der Waals surface area contributed by atoms with Crippen molar-refractivity contribution in [1.82, 2.24) is 20.2 Å². The summed E-state index contributed by atoms with van der Waals surface area (Å²) in [5.41, 5.74) is 1.03. The van der Waals surface area contributed by atoms with E-state index >= 15 is 0 Å². The highest BCUT2D eigenvalue weighted by Crippen LogP contribution is 2.14. The summed E-state index contributed by atoms with van der Waals surface area (Å²) in [5.74, 6) is 1.79. The first kappa shape index (κ1) is 11.8. The summed E-state index contributed by atoms with van der Waals surface area (Å²) in [4.78, 5) is 17.2. The molecule has 0 saturated carbocycles. The average molecular weight is 235 g/mol. The van der Waals surface area contributed by atoms with Gasteiger partial charge in [0.2, 0.25) is 5.91 Å². The van der Waals surface area contributed by atoms with Crippen molar-refractivity contribution in [1.29, 1.82) is 0 Å². The maximum atomic E-state index is 11.2. The third-order valence-electron chi connectivity index (χ3n) is 2.72. The van der Waals surface area contributed by atoms with Gasteiger partial charge in [-0.3, -0.25) is 4.79 Å². The predicted octanol–water partition coefficient (Wildman–Crippen LogP) is 0.688. The van der Waals surface area contributed by atoms with Gasteiger partial charge in [0.1, 0.15) is 0 Å². The molecule has 0 saturated heterocycles. The van der Waals surface area contributed by atoms with Crippen LogP contribution >= 0.6 is 0 Å². The normalized spacial score (nSPS) is 15.4. The molecule has 0 bridgehead atoms. The molecule has 6 nitrogen and oxygen atoms in total. The van der Waals surface area contributed by atoms with Crippen LogP contribution < -0.4 is 5.32 Å². The van der Waals surface area contributed by atoms with Gasteiger partial charge in [-0.05, 0) is 6.92 Å². The highest BCUT2D eigenvalue weighted by molar-refractivity contribution is 5.84. The molecule has 0 radical (unpaired) electrons. The van der Waals surface area contributed by atoms with E-state index in [2.05, 4.69) is 20.5 Å². The van der Waals surface area contributed by atoms with Crippen LogP contribution in [0, 0.1) is 0 Å². The minimum atomic E-state index is 0.0532. The minimum Gasteiger partial charge on any atom is -0.355 e. The van der Waals surface area contributed by atoms with E-state index in [1.165, 1.54) is 0 Å². The monoisotopic (exact) mass is 235 g/mol. The maximum Gasteiger partial charge on any atom is 0.219 e. The SMILES string of the molecule is CCC(=O)NCC(C)c1nc2n(n1)N=C(C)C2. The quantitative estimate of drug-likeness (QED) is 0.834. The zero-order valence-corrected chi connectivity index (χ0v) is 10.4. The molecule has 0 aromatic carbocycles. The van der Waals surface area contributed by atoms with Gasteiger partial charge in [0.05, 0.1) is 0 Å². The molecule has 2 heterocycles. The van der Waals surface area contributed by atoms with Crippen molar-refractivity contribution in [2.45, 2.75) is 39.5 Å². The summed E-state index contributed by atoms with van der Waals surface area (Å²) in [6.45, 7) is 6.36. The average Bonchev–Trinajstić information content (AvgIpc) is 2.82. The molecule has 0 fully saturated rings. The van der Waals surface area contributed by atoms with Gasteiger partial charge in [-0.25, -0.2) is 4.98 Å². The summed E-state index contributed by atoms with van der Waals surface area (Å²) >= 11 is 0. The second-order valence-electron chi connectivity index (χ2n) is 4.35. The van der Waals surface area contributed by atoms with Crippen molar-refractivity contribution in [2.24, 2.45) is 5.10 Å². The lowest BCUT2D eigenvalue weighted by molar-refractivity contribution is -0.120. The standard InChI is InChI=1S/C11H17N5O/c1-4-10(17)12-6-7(2)11-13-9-5-8(3)14-16(9)15-11/h7H,4-6H2,1-3H3,(H,12,17). The first-order valence-corrected chi connectivity index (χ1v) is 5.87. The maximum absolute atomic E-state index is 11.2. The lowest BCUT2D eigenvalue weighted by Crippen LogP contribution is -2.27. The van der Waals surface area contributed by atoms with Crippen LogP contribution in [0.25, 0.3) is 0 Å². The van der Waals surface area contributed by atoms with Crippen LogP contribution in [0.5, 0.6) is 0 Å². The number of nitrogens with zero attached hydrogens (tertiary/aromatic N) is 4. The van der Waals surface area contributed by atoms with E-state index in [-0.39, 0.29) is 11.8 Å². The Hall–Kier alpha value is -1.72. The Morgan fingerprint density at radius 3 is 3.00 bits per heavy atom. The summed E-state index contributed by atoms with van der Waals surface area (Å²) < 4.78 is 0. The number of rotatable bonds is 4. The molecule has 17 heavy (non-hydrogen) atoms. The Bertz CT molecular complexity index is 462. The van der Waals surface area contributed by atoms with E-state index in [1.807, 2.05) is 20.8 Å². The van der Waals surface area contributed by atoms with Gasteiger partial charge in [-0.1, -0.05) is 13.8 Å². The van der Waals surface area contributed by atoms with Crippen LogP contribution in [-0.2, 0) is 11.2 Å². The number of aromatic nitrogens is 3. The van der Waals surface area contributed by atoms with Gasteiger partial charge in [-0.2, -0.15) is 5.10 Å². The molecule has 1 aromatic rings. The number of amides is 1. The zero-order valence-electron chi connectivity index (χ0n) is 10.4. The zero-order chi connectivity index (χ0) is 12.4. The largest absolute Gasteiger partial charge is 0.355 e. The second kappa shape index (κ2) is 4.65. The van der Waals surface area contributed by atoms with Gasteiger partial charge in [0.25, 0.3) is 0 Å². The van der Waals surface area contributed by atoms with Gasteiger partial charge in [0.15, 0.2) is 11.6 Å². The molecule has 1 atom stereocenters. The van der Waals surface area contributed by atoms with Crippen LogP contribution in [0.3, 0.4) is 0 Å². The summed E-state index contributed by atoms with van der Waals surface area (Å²) in [6, 6.07) is 0. The second-order valence-corrected chi connectivity index (χ2v) is 4.35. The Kier molecular flexibility index (Phi) is 3.21. The molecule has 1 aliphatic heterocycles. The van der Waals surface area contributed by atoms with E-state index < -0.39 is 0 Å². The molecule has 1 aromatic heterocycles. The smallest absolute Gasteiger partial charge is 0.219 e. The van der Waals surface area contributed by atoms with Crippen molar-refractivity contribution >= 4 is 11.6 Å². The molecular weight excluding hydrogens is 218 g/mol. The van der Waals surface area contributed by atoms with Gasteiger partial charge >= 0.3 is 0 Å². The van der Waals surface area contributed by atoms with Crippen LogP contribution in [-0.4, -0.2) is 33.0 Å². The minimum absolute atomic E-state index is 0.0532. The molecule has 0 spiro atoms. The highest BCUT2D eigenvalue weighted by Gasteiger charge is 2.19. The lowest BCUT2D eigenvalue weighted by Gasteiger charge is -2.08. The summed E-state index contributed by atoms with van der Waals surface area (Å²) in [5, 5.41) is 11.4. The molecule has 1 amide bonds. The van der Waals surface area contributed by atoms with E-state index in [0.717, 1.165) is 23.8 Å². The highest BCUT2D eigenvalue weighted by atomic mass is 16.1. The number of nitrogens with one attached hydrogen (secondary N) is 1. The lowest BCUT2D eigenvalue weighted by atomic mass is 10.1. The van der Waals surface area contributed by atoms with Crippen molar-refractivity contribution in [3.63, 3.8) is 0 Å². The third-order valence-corrected chi connectivity index (χ3v) is 2.72. The molecule has 1 N–H and O–H groups in total. The van der Waals surface area contributed by atoms with Crippen molar-refractivity contribution < 1.29 is 4.79 Å². The van der Waals surface area contributed by atoms with Crippen LogP contribution in [0.15, 0.2) is 5.10 Å². The van der Waals surface area contributed by atoms with Gasteiger partial charge in [0, 0.05) is 31.0 Å². The molecule has 0 aliphatic carbocycles. The number of fused-ring (bicyclic) bond motifs is 1.